The zero-order valence-electron chi connectivity index (χ0n) is 12.0. The number of pyridine rings is 2. The smallest absolute Gasteiger partial charge is 0.0204 e. The molecule has 1 radical (unpaired) electrons. The first kappa shape index (κ1) is 14.8. The molecular formula is C19H13IrN2-. The molecule has 4 aromatic rings. The number of fused-ring (bicyclic) bond motifs is 3. The van der Waals surface area contributed by atoms with Crippen molar-refractivity contribution >= 4 is 21.5 Å². The first-order valence-electron chi connectivity index (χ1n) is 6.94. The molecule has 0 saturated heterocycles. The van der Waals surface area contributed by atoms with Gasteiger partial charge in [0.1, 0.15) is 0 Å². The normalized spacial score (nSPS) is 10.6. The molecule has 4 rings (SSSR count). The number of aromatic nitrogens is 2. The molecule has 0 amide bonds. The number of aryl methyl sites for hydroxylation is 1. The number of nitrogens with zero attached hydrogens (tertiary/aromatic N) is 2. The van der Waals surface area contributed by atoms with Gasteiger partial charge in [0.25, 0.3) is 0 Å². The maximum Gasteiger partial charge on any atom is 0.0204 e. The van der Waals surface area contributed by atoms with Crippen molar-refractivity contribution in [2.45, 2.75) is 6.92 Å². The van der Waals surface area contributed by atoms with Gasteiger partial charge in [-0.05, 0) is 45.6 Å². The van der Waals surface area contributed by atoms with Crippen LogP contribution in [-0.2, 0) is 20.1 Å². The Morgan fingerprint density at radius 1 is 0.909 bits per heavy atom. The molecular weight excluding hydrogens is 448 g/mol. The van der Waals surface area contributed by atoms with E-state index in [0.29, 0.717) is 0 Å². The van der Waals surface area contributed by atoms with E-state index in [4.69, 9.17) is 0 Å². The summed E-state index contributed by atoms with van der Waals surface area (Å²) in [6.07, 6.45) is 1.91. The standard InChI is InChI=1S/C19H13N2.Ir/c1-13-5-4-8-18(21-13)19-11-17-15(12-20-19)10-9-14-6-2-3-7-16(14)17;/h2-7,9-12H,1H3;/q-1;. The fraction of sp³-hybridized carbons (Fsp3) is 0.0526. The summed E-state index contributed by atoms with van der Waals surface area (Å²) >= 11 is 0. The predicted octanol–water partition coefficient (Wildman–Crippen LogP) is 4.56. The van der Waals surface area contributed by atoms with Crippen molar-refractivity contribution in [3.05, 3.63) is 72.6 Å². The zero-order chi connectivity index (χ0) is 14.2. The van der Waals surface area contributed by atoms with E-state index in [-0.39, 0.29) is 20.1 Å². The van der Waals surface area contributed by atoms with Gasteiger partial charge in [0, 0.05) is 26.3 Å². The molecule has 3 heteroatoms. The molecule has 2 nitrogen and oxygen atoms in total. The Bertz CT molecular complexity index is 963. The number of hydrogen-bond acceptors (Lipinski definition) is 2. The van der Waals surface area contributed by atoms with Crippen LogP contribution < -0.4 is 0 Å². The molecule has 0 N–H and O–H groups in total. The number of hydrogen-bond donors (Lipinski definition) is 0. The Morgan fingerprint density at radius 3 is 2.59 bits per heavy atom. The van der Waals surface area contributed by atoms with Crippen LogP contribution in [0.25, 0.3) is 32.9 Å². The minimum atomic E-state index is 0. The van der Waals surface area contributed by atoms with Gasteiger partial charge in [0.05, 0.1) is 0 Å². The summed E-state index contributed by atoms with van der Waals surface area (Å²) in [5.41, 5.74) is 2.64. The van der Waals surface area contributed by atoms with Crippen LogP contribution in [-0.4, -0.2) is 9.97 Å². The number of rotatable bonds is 1. The van der Waals surface area contributed by atoms with Crippen LogP contribution in [0.2, 0.25) is 0 Å². The molecule has 22 heavy (non-hydrogen) atoms. The zero-order valence-corrected chi connectivity index (χ0v) is 14.4. The topological polar surface area (TPSA) is 25.8 Å². The van der Waals surface area contributed by atoms with Crippen molar-refractivity contribution < 1.29 is 20.1 Å². The van der Waals surface area contributed by atoms with E-state index < -0.39 is 0 Å². The van der Waals surface area contributed by atoms with Crippen molar-refractivity contribution in [2.75, 3.05) is 0 Å². The van der Waals surface area contributed by atoms with Crippen molar-refractivity contribution in [3.8, 4) is 11.4 Å². The second-order valence-electron chi connectivity index (χ2n) is 5.16. The van der Waals surface area contributed by atoms with Gasteiger partial charge in [0.15, 0.2) is 0 Å². The average Bonchev–Trinajstić information content (AvgIpc) is 2.54. The Morgan fingerprint density at radius 2 is 1.73 bits per heavy atom. The van der Waals surface area contributed by atoms with Crippen LogP contribution in [0.5, 0.6) is 0 Å². The predicted molar refractivity (Wildman–Crippen MR) is 86.1 cm³/mol. The maximum absolute atomic E-state index is 4.53. The van der Waals surface area contributed by atoms with Crippen LogP contribution in [0.4, 0.5) is 0 Å². The fourth-order valence-electron chi connectivity index (χ4n) is 2.65. The Hall–Kier alpha value is -2.09. The Balaban J connectivity index is 0.00000144. The van der Waals surface area contributed by atoms with Gasteiger partial charge in [0.2, 0.25) is 0 Å². The summed E-state index contributed by atoms with van der Waals surface area (Å²) in [4.78, 5) is 9.04. The average molecular weight is 462 g/mol. The van der Waals surface area contributed by atoms with Crippen molar-refractivity contribution in [2.24, 2.45) is 0 Å². The fourth-order valence-corrected chi connectivity index (χ4v) is 2.65. The third-order valence-corrected chi connectivity index (χ3v) is 3.70. The summed E-state index contributed by atoms with van der Waals surface area (Å²) < 4.78 is 0. The largest absolute Gasteiger partial charge is 0.317 e. The van der Waals surface area contributed by atoms with Crippen LogP contribution in [0.15, 0.2) is 60.8 Å². The Kier molecular flexibility index (Phi) is 4.02. The van der Waals surface area contributed by atoms with Gasteiger partial charge in [-0.3, -0.25) is 4.98 Å². The molecule has 0 aliphatic rings. The SMILES string of the molecule is Cc1cc[c-]c(-c2cc3c(ccc4ccccc43)cn2)n1.[Ir]. The van der Waals surface area contributed by atoms with E-state index >= 15 is 0 Å². The third kappa shape index (κ3) is 2.54. The van der Waals surface area contributed by atoms with Gasteiger partial charge in [-0.2, -0.15) is 12.1 Å². The minimum absolute atomic E-state index is 0. The molecule has 0 atom stereocenters. The van der Waals surface area contributed by atoms with Crippen molar-refractivity contribution in [3.63, 3.8) is 0 Å². The minimum Gasteiger partial charge on any atom is -0.317 e. The molecule has 0 aliphatic carbocycles. The summed E-state index contributed by atoms with van der Waals surface area (Å²) in [7, 11) is 0. The molecule has 0 fully saturated rings. The Labute approximate surface area is 142 Å². The quantitative estimate of drug-likeness (QED) is 0.307. The summed E-state index contributed by atoms with van der Waals surface area (Å²) in [5, 5.41) is 4.83. The third-order valence-electron chi connectivity index (χ3n) is 3.70. The van der Waals surface area contributed by atoms with Gasteiger partial charge >= 0.3 is 0 Å². The van der Waals surface area contributed by atoms with Crippen molar-refractivity contribution in [1.29, 1.82) is 0 Å². The molecule has 0 spiro atoms. The first-order chi connectivity index (χ1) is 10.3. The molecule has 0 bridgehead atoms. The second-order valence-corrected chi connectivity index (χ2v) is 5.16. The van der Waals surface area contributed by atoms with E-state index in [1.165, 1.54) is 16.2 Å². The molecule has 0 aliphatic heterocycles. The second kappa shape index (κ2) is 5.96. The van der Waals surface area contributed by atoms with Crippen LogP contribution in [0.3, 0.4) is 0 Å². The van der Waals surface area contributed by atoms with Crippen molar-refractivity contribution in [1.82, 2.24) is 9.97 Å². The van der Waals surface area contributed by atoms with E-state index in [1.54, 1.807) is 0 Å². The van der Waals surface area contributed by atoms with E-state index in [0.717, 1.165) is 22.5 Å². The summed E-state index contributed by atoms with van der Waals surface area (Å²) in [6, 6.07) is 21.8. The van der Waals surface area contributed by atoms with Gasteiger partial charge in [-0.25, -0.2) is 0 Å². The van der Waals surface area contributed by atoms with E-state index in [1.807, 2.05) is 25.3 Å². The molecule has 0 unspecified atom stereocenters. The molecule has 2 aromatic heterocycles. The van der Waals surface area contributed by atoms with Gasteiger partial charge < -0.3 is 4.98 Å². The van der Waals surface area contributed by atoms with Gasteiger partial charge in [-0.1, -0.05) is 42.5 Å². The van der Waals surface area contributed by atoms with E-state index in [2.05, 4.69) is 58.5 Å². The number of benzene rings is 2. The molecule has 109 valence electrons. The first-order valence-corrected chi connectivity index (χ1v) is 6.94. The summed E-state index contributed by atoms with van der Waals surface area (Å²) in [6.45, 7) is 1.98. The maximum atomic E-state index is 4.53. The van der Waals surface area contributed by atoms with Crippen LogP contribution in [0.1, 0.15) is 5.69 Å². The van der Waals surface area contributed by atoms with Crippen LogP contribution in [0, 0.1) is 13.0 Å². The van der Waals surface area contributed by atoms with Gasteiger partial charge in [-0.15, -0.1) is 6.07 Å². The molecule has 2 heterocycles. The van der Waals surface area contributed by atoms with E-state index in [9.17, 15) is 0 Å². The molecule has 2 aromatic carbocycles. The summed E-state index contributed by atoms with van der Waals surface area (Å²) in [5.74, 6) is 0. The molecule has 0 saturated carbocycles. The monoisotopic (exact) mass is 462 g/mol. The van der Waals surface area contributed by atoms with Crippen LogP contribution >= 0.6 is 0 Å².